The number of hydrogen-bond acceptors (Lipinski definition) is 6. The lowest BCUT2D eigenvalue weighted by atomic mass is 9.87. The van der Waals surface area contributed by atoms with Gasteiger partial charge in [-0.05, 0) is 10.6 Å². The van der Waals surface area contributed by atoms with Crippen LogP contribution in [0.1, 0.15) is 32.7 Å². The summed E-state index contributed by atoms with van der Waals surface area (Å²) in [7, 11) is 0. The van der Waals surface area contributed by atoms with Gasteiger partial charge in [-0.2, -0.15) is 4.98 Å². The van der Waals surface area contributed by atoms with Crippen LogP contribution in [0.5, 0.6) is 0 Å². The topological polar surface area (TPSA) is 77.4 Å². The zero-order valence-electron chi connectivity index (χ0n) is 10.6. The van der Waals surface area contributed by atoms with Crippen LogP contribution in [0.3, 0.4) is 0 Å². The van der Waals surface area contributed by atoms with Gasteiger partial charge in [-0.1, -0.05) is 20.8 Å². The average molecular weight is 240 g/mol. The van der Waals surface area contributed by atoms with E-state index in [1.54, 1.807) is 0 Å². The fraction of sp³-hybridized carbons (Fsp3) is 0.818. The zero-order valence-corrected chi connectivity index (χ0v) is 10.6. The molecule has 2 rings (SSSR count). The second-order valence-corrected chi connectivity index (χ2v) is 5.38. The second kappa shape index (κ2) is 4.62. The standard InChI is InChI=1S/C11H20N4O2/c1-11(2,3)8(12)9-13-10(14-17-9)15-4-6-16-7-5-15/h8H,4-7,12H2,1-3H3/t8-/m1/s1. The number of rotatable bonds is 2. The van der Waals surface area contributed by atoms with Gasteiger partial charge in [-0.15, -0.1) is 0 Å². The molecule has 1 fully saturated rings. The first-order chi connectivity index (χ1) is 7.98. The van der Waals surface area contributed by atoms with Crippen LogP contribution in [0.25, 0.3) is 0 Å². The Morgan fingerprint density at radius 1 is 1.29 bits per heavy atom. The Kier molecular flexibility index (Phi) is 3.35. The number of ether oxygens (including phenoxy) is 1. The molecule has 1 saturated heterocycles. The minimum absolute atomic E-state index is 0.0885. The fourth-order valence-corrected chi connectivity index (χ4v) is 1.62. The first-order valence-electron chi connectivity index (χ1n) is 5.90. The fourth-order valence-electron chi connectivity index (χ4n) is 1.62. The Morgan fingerprint density at radius 2 is 1.94 bits per heavy atom. The van der Waals surface area contributed by atoms with Gasteiger partial charge < -0.3 is 19.9 Å². The van der Waals surface area contributed by atoms with Crippen molar-refractivity contribution in [3.63, 3.8) is 0 Å². The normalized spacial score (nSPS) is 19.4. The summed E-state index contributed by atoms with van der Waals surface area (Å²) in [5, 5.41) is 3.98. The molecule has 17 heavy (non-hydrogen) atoms. The highest BCUT2D eigenvalue weighted by Gasteiger charge is 2.28. The molecule has 96 valence electrons. The van der Waals surface area contributed by atoms with E-state index >= 15 is 0 Å². The van der Waals surface area contributed by atoms with Crippen LogP contribution < -0.4 is 10.6 Å². The summed E-state index contributed by atoms with van der Waals surface area (Å²) in [4.78, 5) is 6.42. The molecule has 0 saturated carbocycles. The van der Waals surface area contributed by atoms with Crippen molar-refractivity contribution in [1.82, 2.24) is 10.1 Å². The van der Waals surface area contributed by atoms with Gasteiger partial charge in [0.05, 0.1) is 19.3 Å². The molecule has 0 aliphatic carbocycles. The zero-order chi connectivity index (χ0) is 12.5. The lowest BCUT2D eigenvalue weighted by Crippen LogP contribution is -2.37. The van der Waals surface area contributed by atoms with E-state index < -0.39 is 0 Å². The third-order valence-electron chi connectivity index (χ3n) is 2.92. The van der Waals surface area contributed by atoms with Crippen molar-refractivity contribution >= 4 is 5.95 Å². The molecule has 1 aliphatic heterocycles. The van der Waals surface area contributed by atoms with Crippen LogP contribution >= 0.6 is 0 Å². The van der Waals surface area contributed by atoms with Crippen molar-refractivity contribution < 1.29 is 9.26 Å². The van der Waals surface area contributed by atoms with E-state index in [-0.39, 0.29) is 11.5 Å². The van der Waals surface area contributed by atoms with Gasteiger partial charge in [-0.25, -0.2) is 0 Å². The molecular weight excluding hydrogens is 220 g/mol. The van der Waals surface area contributed by atoms with Crippen LogP contribution in [0.4, 0.5) is 5.95 Å². The SMILES string of the molecule is CC(C)(C)[C@H](N)c1nc(N2CCOCC2)no1. The Hall–Kier alpha value is -1.14. The summed E-state index contributed by atoms with van der Waals surface area (Å²) in [6.45, 7) is 9.15. The molecular formula is C11H20N4O2. The number of aromatic nitrogens is 2. The Bertz CT molecular complexity index is 366. The van der Waals surface area contributed by atoms with E-state index in [2.05, 4.69) is 30.9 Å². The average Bonchev–Trinajstić information content (AvgIpc) is 2.77. The van der Waals surface area contributed by atoms with Crippen molar-refractivity contribution in [2.45, 2.75) is 26.8 Å². The van der Waals surface area contributed by atoms with Gasteiger partial charge in [0.2, 0.25) is 5.89 Å². The van der Waals surface area contributed by atoms with Crippen molar-refractivity contribution in [3.05, 3.63) is 5.89 Å². The molecule has 0 radical (unpaired) electrons. The number of anilines is 1. The van der Waals surface area contributed by atoms with Crippen LogP contribution in [-0.4, -0.2) is 36.4 Å². The second-order valence-electron chi connectivity index (χ2n) is 5.38. The molecule has 6 heteroatoms. The smallest absolute Gasteiger partial charge is 0.266 e. The van der Waals surface area contributed by atoms with Crippen LogP contribution in [-0.2, 0) is 4.74 Å². The molecule has 6 nitrogen and oxygen atoms in total. The van der Waals surface area contributed by atoms with Gasteiger partial charge in [-0.3, -0.25) is 0 Å². The lowest BCUT2D eigenvalue weighted by molar-refractivity contribution is 0.121. The van der Waals surface area contributed by atoms with Crippen molar-refractivity contribution in [3.8, 4) is 0 Å². The van der Waals surface area contributed by atoms with E-state index in [4.69, 9.17) is 15.0 Å². The molecule has 1 aliphatic rings. The minimum atomic E-state index is -0.246. The molecule has 0 spiro atoms. The summed E-state index contributed by atoms with van der Waals surface area (Å²) in [5.41, 5.74) is 5.99. The summed E-state index contributed by atoms with van der Waals surface area (Å²) in [5.74, 6) is 1.11. The molecule has 0 bridgehead atoms. The van der Waals surface area contributed by atoms with Crippen LogP contribution in [0, 0.1) is 5.41 Å². The number of morpholine rings is 1. The highest BCUT2D eigenvalue weighted by molar-refractivity contribution is 5.28. The maximum absolute atomic E-state index is 6.08. The molecule has 2 N–H and O–H groups in total. The maximum atomic E-state index is 6.08. The third kappa shape index (κ3) is 2.76. The number of hydrogen-bond donors (Lipinski definition) is 1. The largest absolute Gasteiger partial charge is 0.378 e. The summed E-state index contributed by atoms with van der Waals surface area (Å²) >= 11 is 0. The monoisotopic (exact) mass is 240 g/mol. The van der Waals surface area contributed by atoms with Crippen molar-refractivity contribution in [1.29, 1.82) is 0 Å². The van der Waals surface area contributed by atoms with Crippen molar-refractivity contribution in [2.75, 3.05) is 31.2 Å². The summed E-state index contributed by atoms with van der Waals surface area (Å²) in [6, 6.07) is -0.246. The lowest BCUT2D eigenvalue weighted by Gasteiger charge is -2.25. The molecule has 0 amide bonds. The predicted molar refractivity (Wildman–Crippen MR) is 63.7 cm³/mol. The number of nitrogens with zero attached hydrogens (tertiary/aromatic N) is 3. The number of nitrogens with two attached hydrogens (primary N) is 1. The summed E-state index contributed by atoms with van der Waals surface area (Å²) in [6.07, 6.45) is 0. The highest BCUT2D eigenvalue weighted by Crippen LogP contribution is 2.30. The summed E-state index contributed by atoms with van der Waals surface area (Å²) < 4.78 is 10.5. The predicted octanol–water partition coefficient (Wildman–Crippen LogP) is 0.952. The van der Waals surface area contributed by atoms with Gasteiger partial charge in [0, 0.05) is 13.1 Å². The minimum Gasteiger partial charge on any atom is -0.378 e. The molecule has 1 aromatic heterocycles. The highest BCUT2D eigenvalue weighted by atomic mass is 16.5. The van der Waals surface area contributed by atoms with E-state index in [0.29, 0.717) is 25.1 Å². The Morgan fingerprint density at radius 3 is 2.53 bits per heavy atom. The van der Waals surface area contributed by atoms with Gasteiger partial charge in [0.25, 0.3) is 5.95 Å². The molecule has 1 atom stereocenters. The van der Waals surface area contributed by atoms with E-state index in [9.17, 15) is 0 Å². The van der Waals surface area contributed by atoms with E-state index in [0.717, 1.165) is 13.1 Å². The molecule has 0 unspecified atom stereocenters. The van der Waals surface area contributed by atoms with Crippen LogP contribution in [0.2, 0.25) is 0 Å². The first-order valence-corrected chi connectivity index (χ1v) is 5.90. The van der Waals surface area contributed by atoms with Gasteiger partial charge >= 0.3 is 0 Å². The third-order valence-corrected chi connectivity index (χ3v) is 2.92. The van der Waals surface area contributed by atoms with E-state index in [1.807, 2.05) is 4.90 Å². The van der Waals surface area contributed by atoms with Gasteiger partial charge in [0.15, 0.2) is 0 Å². The van der Waals surface area contributed by atoms with Crippen LogP contribution in [0.15, 0.2) is 4.52 Å². The first kappa shape index (κ1) is 12.3. The molecule has 2 heterocycles. The quantitative estimate of drug-likeness (QED) is 0.829. The van der Waals surface area contributed by atoms with Crippen molar-refractivity contribution in [2.24, 2.45) is 11.1 Å². The Labute approximate surface area is 101 Å². The molecule has 1 aromatic rings. The Balaban J connectivity index is 2.10. The molecule has 0 aromatic carbocycles. The maximum Gasteiger partial charge on any atom is 0.266 e. The van der Waals surface area contributed by atoms with Gasteiger partial charge in [0.1, 0.15) is 0 Å². The van der Waals surface area contributed by atoms with E-state index in [1.165, 1.54) is 0 Å².